The molecule has 10 heteroatoms. The van der Waals surface area contributed by atoms with Crippen LogP contribution in [0, 0.1) is 0 Å². The maximum atomic E-state index is 10.8. The zero-order valence-corrected chi connectivity index (χ0v) is 5.35. The highest BCUT2D eigenvalue weighted by atomic mass is 28.4. The molecule has 0 bridgehead atoms. The standard InChI is InChI=1S/F4O4Si.H3N/c1-5-9(6-2,7-3)8-4;/h;1H3. The first-order valence-electron chi connectivity index (χ1n) is 1.43. The molecule has 0 atom stereocenters. The largest absolute Gasteiger partial charge is 0.808 e. The van der Waals surface area contributed by atoms with Gasteiger partial charge >= 0.3 is 9.05 Å². The Bertz CT molecular complexity index is 60.1. The molecule has 0 rings (SSSR count). The Balaban J connectivity index is 0. The molecule has 0 aliphatic rings. The number of halogens is 4. The number of hydrogen-bond donors (Lipinski definition) is 1. The number of hydrogen-bond acceptors (Lipinski definition) is 5. The van der Waals surface area contributed by atoms with E-state index in [0.29, 0.717) is 0 Å². The molecule has 5 nitrogen and oxygen atoms in total. The van der Waals surface area contributed by atoms with Crippen molar-refractivity contribution in [1.82, 2.24) is 6.15 Å². The van der Waals surface area contributed by atoms with Crippen molar-refractivity contribution >= 4 is 9.05 Å². The molecular formula is H3F4NO4Si. The summed E-state index contributed by atoms with van der Waals surface area (Å²) in [5.41, 5.74) is 0. The summed E-state index contributed by atoms with van der Waals surface area (Å²) in [6, 6.07) is 0. The lowest BCUT2D eigenvalue weighted by Gasteiger charge is -2.05. The van der Waals surface area contributed by atoms with E-state index in [1.165, 1.54) is 0 Å². The first kappa shape index (κ1) is 12.4. The van der Waals surface area contributed by atoms with Gasteiger partial charge in [-0.1, -0.05) is 18.1 Å². The van der Waals surface area contributed by atoms with E-state index in [0.717, 1.165) is 0 Å². The van der Waals surface area contributed by atoms with Gasteiger partial charge < -0.3 is 6.15 Å². The van der Waals surface area contributed by atoms with Gasteiger partial charge in [0, 0.05) is 0 Å². The smallest absolute Gasteiger partial charge is 0.344 e. The summed E-state index contributed by atoms with van der Waals surface area (Å²) in [5.74, 6) is 0. The van der Waals surface area contributed by atoms with Gasteiger partial charge in [0.1, 0.15) is 0 Å². The first-order valence-corrected chi connectivity index (χ1v) is 3.07. The zero-order valence-electron chi connectivity index (χ0n) is 4.35. The Kier molecular flexibility index (Phi) is 6.85. The summed E-state index contributed by atoms with van der Waals surface area (Å²) in [7, 11) is -5.36. The molecule has 3 N–H and O–H groups in total. The Labute approximate surface area is 53.1 Å². The van der Waals surface area contributed by atoms with Crippen LogP contribution in [0.2, 0.25) is 0 Å². The van der Waals surface area contributed by atoms with E-state index in [1.807, 2.05) is 0 Å². The molecule has 0 fully saturated rings. The van der Waals surface area contributed by atoms with Crippen molar-refractivity contribution in [1.29, 1.82) is 0 Å². The third-order valence-corrected chi connectivity index (χ3v) is 1.13. The summed E-state index contributed by atoms with van der Waals surface area (Å²) in [5, 5.41) is 0. The molecule has 10 heavy (non-hydrogen) atoms. The highest BCUT2D eigenvalue weighted by Crippen LogP contribution is 2.12. The molecule has 0 aliphatic heterocycles. The predicted molar refractivity (Wildman–Crippen MR) is 19.5 cm³/mol. The van der Waals surface area contributed by atoms with Gasteiger partial charge in [0.25, 0.3) is 0 Å². The van der Waals surface area contributed by atoms with Crippen molar-refractivity contribution in [3.8, 4) is 0 Å². The second-order valence-electron chi connectivity index (χ2n) is 0.809. The molecule has 0 aromatic carbocycles. The van der Waals surface area contributed by atoms with E-state index in [4.69, 9.17) is 0 Å². The quantitative estimate of drug-likeness (QED) is 0.526. The van der Waals surface area contributed by atoms with Crippen LogP contribution in [0.4, 0.5) is 18.1 Å². The Hall–Kier alpha value is -0.263. The lowest BCUT2D eigenvalue weighted by atomic mass is 14.0. The minimum absolute atomic E-state index is 0. The second kappa shape index (κ2) is 5.52. The highest BCUT2D eigenvalue weighted by molar-refractivity contribution is 6.52. The lowest BCUT2D eigenvalue weighted by molar-refractivity contribution is -0.291. The molecule has 0 radical (unpaired) electrons. The Morgan fingerprint density at radius 3 is 0.900 bits per heavy atom. The van der Waals surface area contributed by atoms with Crippen LogP contribution in [-0.2, 0) is 18.5 Å². The van der Waals surface area contributed by atoms with Gasteiger partial charge in [0.2, 0.25) is 0 Å². The van der Waals surface area contributed by atoms with Crippen LogP contribution >= 0.6 is 0 Å². The van der Waals surface area contributed by atoms with Crippen LogP contribution in [0.15, 0.2) is 0 Å². The molecule has 0 saturated heterocycles. The monoisotopic (exact) mass is 185 g/mol. The van der Waals surface area contributed by atoms with E-state index in [1.54, 1.807) is 0 Å². The van der Waals surface area contributed by atoms with E-state index in [9.17, 15) is 18.1 Å². The third kappa shape index (κ3) is 2.55. The fourth-order valence-electron chi connectivity index (χ4n) is 0.0714. The normalized spacial score (nSPS) is 10.8. The SMILES string of the molecule is FO[Si](OF)(OF)OF.N. The number of rotatable bonds is 4. The van der Waals surface area contributed by atoms with Crippen LogP contribution < -0.4 is 6.15 Å². The van der Waals surface area contributed by atoms with E-state index >= 15 is 0 Å². The molecule has 0 aliphatic carbocycles. The van der Waals surface area contributed by atoms with Gasteiger partial charge in [-0.3, -0.25) is 0 Å². The predicted octanol–water partition coefficient (Wildman–Crippen LogP) is 1.19. The second-order valence-corrected chi connectivity index (χ2v) is 2.43. The highest BCUT2D eigenvalue weighted by Gasteiger charge is 2.55. The average Bonchev–Trinajstić information content (AvgIpc) is 1.95. The molecule has 0 amide bonds. The maximum absolute atomic E-state index is 10.8. The molecule has 64 valence electrons. The van der Waals surface area contributed by atoms with Crippen LogP contribution in [0.1, 0.15) is 0 Å². The van der Waals surface area contributed by atoms with Crippen molar-refractivity contribution in [3.63, 3.8) is 0 Å². The zero-order chi connectivity index (χ0) is 7.33. The average molecular weight is 185 g/mol. The van der Waals surface area contributed by atoms with Gasteiger partial charge in [-0.15, -0.1) is 18.5 Å². The topological polar surface area (TPSA) is 71.9 Å². The first-order chi connectivity index (χ1) is 4.24. The van der Waals surface area contributed by atoms with Crippen LogP contribution in [0.3, 0.4) is 0 Å². The van der Waals surface area contributed by atoms with Crippen LogP contribution in [0.25, 0.3) is 0 Å². The summed E-state index contributed by atoms with van der Waals surface area (Å²) in [4.78, 5) is 0. The molecular weight excluding hydrogens is 182 g/mol. The fraction of sp³-hybridized carbons (Fsp3) is 0. The van der Waals surface area contributed by atoms with E-state index < -0.39 is 9.05 Å². The molecule has 0 unspecified atom stereocenters. The Morgan fingerprint density at radius 1 is 0.700 bits per heavy atom. The van der Waals surface area contributed by atoms with Crippen LogP contribution in [0.5, 0.6) is 0 Å². The summed E-state index contributed by atoms with van der Waals surface area (Å²) in [6.07, 6.45) is 0. The van der Waals surface area contributed by atoms with Crippen LogP contribution in [-0.4, -0.2) is 9.05 Å². The van der Waals surface area contributed by atoms with Crippen molar-refractivity contribution in [2.24, 2.45) is 0 Å². The van der Waals surface area contributed by atoms with Crippen molar-refractivity contribution in [2.75, 3.05) is 0 Å². The lowest BCUT2D eigenvalue weighted by Crippen LogP contribution is -2.40. The fourth-order valence-corrected chi connectivity index (χ4v) is 0.214. The minimum atomic E-state index is -5.36. The van der Waals surface area contributed by atoms with Crippen molar-refractivity contribution < 1.29 is 36.6 Å². The summed E-state index contributed by atoms with van der Waals surface area (Å²) < 4.78 is 52.1. The molecule has 0 saturated carbocycles. The van der Waals surface area contributed by atoms with Gasteiger partial charge in [0.15, 0.2) is 0 Å². The summed E-state index contributed by atoms with van der Waals surface area (Å²) in [6.45, 7) is 0. The Morgan fingerprint density at radius 2 is 0.900 bits per heavy atom. The van der Waals surface area contributed by atoms with Gasteiger partial charge in [-0.25, -0.2) is 0 Å². The molecule has 0 aromatic heterocycles. The third-order valence-electron chi connectivity index (χ3n) is 0.378. The van der Waals surface area contributed by atoms with Crippen molar-refractivity contribution in [2.45, 2.75) is 0 Å². The minimum Gasteiger partial charge on any atom is -0.344 e. The molecule has 0 spiro atoms. The van der Waals surface area contributed by atoms with E-state index in [2.05, 4.69) is 18.5 Å². The van der Waals surface area contributed by atoms with Gasteiger partial charge in [-0.2, -0.15) is 0 Å². The van der Waals surface area contributed by atoms with Gasteiger partial charge in [-0.05, 0) is 0 Å². The van der Waals surface area contributed by atoms with Gasteiger partial charge in [0.05, 0.1) is 0 Å². The van der Waals surface area contributed by atoms with E-state index in [-0.39, 0.29) is 6.15 Å². The van der Waals surface area contributed by atoms with Crippen molar-refractivity contribution in [3.05, 3.63) is 0 Å². The maximum Gasteiger partial charge on any atom is 0.808 e. The molecule has 0 aromatic rings. The molecule has 0 heterocycles. The summed E-state index contributed by atoms with van der Waals surface area (Å²) >= 11 is 0.